The minimum atomic E-state index is -0.594. The van der Waals surface area contributed by atoms with Crippen LogP contribution in [0.2, 0.25) is 0 Å². The van der Waals surface area contributed by atoms with Crippen molar-refractivity contribution >= 4 is 28.3 Å². The van der Waals surface area contributed by atoms with Crippen molar-refractivity contribution in [3.63, 3.8) is 0 Å². The summed E-state index contributed by atoms with van der Waals surface area (Å²) in [6.45, 7) is 7.74. The predicted molar refractivity (Wildman–Crippen MR) is 131 cm³/mol. The second kappa shape index (κ2) is 11.3. The van der Waals surface area contributed by atoms with Gasteiger partial charge in [0.25, 0.3) is 0 Å². The molecule has 2 aromatic rings. The number of amides is 2. The van der Waals surface area contributed by atoms with E-state index in [9.17, 15) is 9.59 Å². The molecule has 0 radical (unpaired) electrons. The number of aromatic nitrogens is 1. The van der Waals surface area contributed by atoms with E-state index in [0.717, 1.165) is 21.4 Å². The van der Waals surface area contributed by atoms with Crippen LogP contribution in [0.5, 0.6) is 0 Å². The highest BCUT2D eigenvalue weighted by molar-refractivity contribution is 7.18. The Balaban J connectivity index is 1.50. The number of carbonyl (C=O) groups is 2. The molecule has 2 heterocycles. The fourth-order valence-electron chi connectivity index (χ4n) is 3.11. The second-order valence-electron chi connectivity index (χ2n) is 7.55. The number of nitrogens with zero attached hydrogens (tertiary/aromatic N) is 2. The first-order valence-electron chi connectivity index (χ1n) is 10.7. The summed E-state index contributed by atoms with van der Waals surface area (Å²) in [5.41, 5.74) is 1.13. The van der Waals surface area contributed by atoms with Gasteiger partial charge in [0.05, 0.1) is 11.4 Å². The fourth-order valence-corrected chi connectivity index (χ4v) is 3.95. The average Bonchev–Trinajstić information content (AvgIpc) is 3.28. The summed E-state index contributed by atoms with van der Waals surface area (Å²) in [5.74, 6) is 0.935. The number of dihydropyridines is 1. The minimum Gasteiger partial charge on any atom is -0.492 e. The standard InChI is InChI=1S/C24H29N5O3S/c1-5-22(30)29(4)17(3)23(31)25-11-12-32-19-13-16(2)27-21(14-19)28-24-26-15-20(33-24)18-9-7-6-8-10-18/h5-10,13-17,27H,1,11-12H2,2-4H3,(H,25,31)(H,26,28)/t16?,17-/m0/s1. The van der Waals surface area contributed by atoms with Crippen LogP contribution in [0.1, 0.15) is 13.8 Å². The molecule has 0 aliphatic carbocycles. The van der Waals surface area contributed by atoms with Gasteiger partial charge in [-0.3, -0.25) is 9.59 Å². The molecule has 1 aliphatic rings. The Hall–Kier alpha value is -3.59. The van der Waals surface area contributed by atoms with Crippen molar-refractivity contribution in [1.82, 2.24) is 20.5 Å². The quantitative estimate of drug-likeness (QED) is 0.367. The first-order chi connectivity index (χ1) is 15.9. The Morgan fingerprint density at radius 3 is 2.85 bits per heavy atom. The lowest BCUT2D eigenvalue weighted by atomic mass is 10.2. The summed E-state index contributed by atoms with van der Waals surface area (Å²) in [6.07, 6.45) is 6.86. The molecule has 174 valence electrons. The van der Waals surface area contributed by atoms with E-state index in [1.807, 2.05) is 43.5 Å². The van der Waals surface area contributed by atoms with Crippen LogP contribution in [0.4, 0.5) is 5.13 Å². The zero-order chi connectivity index (χ0) is 23.8. The zero-order valence-electron chi connectivity index (χ0n) is 19.0. The molecule has 3 rings (SSSR count). The number of likely N-dealkylation sites (N-methyl/N-ethyl adjacent to an activating group) is 1. The molecular weight excluding hydrogens is 438 g/mol. The minimum absolute atomic E-state index is 0.0641. The van der Waals surface area contributed by atoms with E-state index >= 15 is 0 Å². The monoisotopic (exact) mass is 467 g/mol. The number of benzene rings is 1. The smallest absolute Gasteiger partial charge is 0.246 e. The molecule has 1 unspecified atom stereocenters. The summed E-state index contributed by atoms with van der Waals surface area (Å²) in [4.78, 5) is 30.7. The first-order valence-corrected chi connectivity index (χ1v) is 11.5. The maximum Gasteiger partial charge on any atom is 0.246 e. The number of thiazole rings is 1. The van der Waals surface area contributed by atoms with Crippen LogP contribution >= 0.6 is 11.3 Å². The van der Waals surface area contributed by atoms with Gasteiger partial charge in [-0.25, -0.2) is 4.98 Å². The van der Waals surface area contributed by atoms with Crippen molar-refractivity contribution in [2.75, 3.05) is 25.5 Å². The Kier molecular flexibility index (Phi) is 8.26. The summed E-state index contributed by atoms with van der Waals surface area (Å²) < 4.78 is 5.83. The van der Waals surface area contributed by atoms with Gasteiger partial charge in [-0.05, 0) is 31.6 Å². The highest BCUT2D eigenvalue weighted by atomic mass is 32.1. The molecule has 1 aromatic carbocycles. The van der Waals surface area contributed by atoms with E-state index in [2.05, 4.69) is 39.6 Å². The summed E-state index contributed by atoms with van der Waals surface area (Å²) in [6, 6.07) is 9.58. The molecule has 3 N–H and O–H groups in total. The summed E-state index contributed by atoms with van der Waals surface area (Å²) in [7, 11) is 1.57. The number of allylic oxidation sites excluding steroid dienone is 1. The van der Waals surface area contributed by atoms with Crippen LogP contribution in [0.25, 0.3) is 10.4 Å². The fraction of sp³-hybridized carbons (Fsp3) is 0.292. The number of rotatable bonds is 10. The van der Waals surface area contributed by atoms with Crippen LogP contribution in [0.3, 0.4) is 0 Å². The van der Waals surface area contributed by atoms with Gasteiger partial charge >= 0.3 is 0 Å². The van der Waals surface area contributed by atoms with Crippen LogP contribution in [-0.4, -0.2) is 54.0 Å². The van der Waals surface area contributed by atoms with E-state index in [-0.39, 0.29) is 17.9 Å². The first kappa shape index (κ1) is 24.1. The Bertz CT molecular complexity index is 1050. The van der Waals surface area contributed by atoms with Gasteiger partial charge in [-0.15, -0.1) is 0 Å². The van der Waals surface area contributed by atoms with Crippen molar-refractivity contribution in [2.45, 2.75) is 25.9 Å². The molecule has 1 aromatic heterocycles. The second-order valence-corrected chi connectivity index (χ2v) is 8.58. The molecule has 0 bridgehead atoms. The van der Waals surface area contributed by atoms with E-state index < -0.39 is 6.04 Å². The average molecular weight is 468 g/mol. The largest absolute Gasteiger partial charge is 0.492 e. The molecular formula is C24H29N5O3S. The van der Waals surface area contributed by atoms with Gasteiger partial charge in [0, 0.05) is 25.4 Å². The third-order valence-electron chi connectivity index (χ3n) is 5.04. The number of hydrogen-bond donors (Lipinski definition) is 3. The number of nitrogens with one attached hydrogen (secondary N) is 3. The van der Waals surface area contributed by atoms with Crippen molar-refractivity contribution in [1.29, 1.82) is 0 Å². The molecule has 2 amide bonds. The van der Waals surface area contributed by atoms with Crippen LogP contribution < -0.4 is 16.0 Å². The van der Waals surface area contributed by atoms with Crippen molar-refractivity contribution in [3.05, 3.63) is 72.9 Å². The van der Waals surface area contributed by atoms with Gasteiger partial charge in [-0.1, -0.05) is 48.2 Å². The Morgan fingerprint density at radius 1 is 1.36 bits per heavy atom. The van der Waals surface area contributed by atoms with Gasteiger partial charge in [0.2, 0.25) is 11.8 Å². The Morgan fingerprint density at radius 2 is 2.12 bits per heavy atom. The number of hydrogen-bond acceptors (Lipinski definition) is 7. The third kappa shape index (κ3) is 6.69. The molecule has 0 spiro atoms. The lowest BCUT2D eigenvalue weighted by Crippen LogP contribution is -2.46. The maximum atomic E-state index is 12.2. The molecule has 8 nitrogen and oxygen atoms in total. The molecule has 0 fully saturated rings. The van der Waals surface area contributed by atoms with E-state index in [1.54, 1.807) is 25.3 Å². The molecule has 0 saturated carbocycles. The summed E-state index contributed by atoms with van der Waals surface area (Å²) in [5, 5.41) is 10.2. The molecule has 0 saturated heterocycles. The van der Waals surface area contributed by atoms with Gasteiger partial charge < -0.3 is 25.6 Å². The van der Waals surface area contributed by atoms with Crippen LogP contribution in [-0.2, 0) is 14.3 Å². The lowest BCUT2D eigenvalue weighted by molar-refractivity contribution is -0.135. The van der Waals surface area contributed by atoms with E-state index in [1.165, 1.54) is 11.0 Å². The summed E-state index contributed by atoms with van der Waals surface area (Å²) >= 11 is 1.57. The number of carbonyl (C=O) groups excluding carboxylic acids is 2. The Labute approximate surface area is 198 Å². The van der Waals surface area contributed by atoms with Crippen molar-refractivity contribution in [3.8, 4) is 10.4 Å². The number of anilines is 1. The van der Waals surface area contributed by atoms with Crippen molar-refractivity contribution < 1.29 is 14.3 Å². The molecule has 33 heavy (non-hydrogen) atoms. The van der Waals surface area contributed by atoms with Crippen LogP contribution in [0.15, 0.2) is 72.9 Å². The highest BCUT2D eigenvalue weighted by Crippen LogP contribution is 2.29. The topological polar surface area (TPSA) is 95.6 Å². The van der Waals surface area contributed by atoms with Crippen LogP contribution in [0, 0.1) is 0 Å². The molecule has 9 heteroatoms. The van der Waals surface area contributed by atoms with E-state index in [4.69, 9.17) is 4.74 Å². The van der Waals surface area contributed by atoms with Crippen molar-refractivity contribution in [2.24, 2.45) is 0 Å². The molecule has 2 atom stereocenters. The lowest BCUT2D eigenvalue weighted by Gasteiger charge is -2.23. The highest BCUT2D eigenvalue weighted by Gasteiger charge is 2.20. The SMILES string of the molecule is C=CC(=O)N(C)[C@@H](C)C(=O)NCCOC1=CC(C)NC(Nc2ncc(-c3ccccc3)s2)=C1. The predicted octanol–water partition coefficient (Wildman–Crippen LogP) is 3.10. The van der Waals surface area contributed by atoms with Gasteiger partial charge in [0.1, 0.15) is 24.2 Å². The van der Waals surface area contributed by atoms with Gasteiger partial charge in [0.15, 0.2) is 5.13 Å². The normalized spacial score (nSPS) is 15.9. The third-order valence-corrected chi connectivity index (χ3v) is 6.00. The maximum absolute atomic E-state index is 12.2. The van der Waals surface area contributed by atoms with Gasteiger partial charge in [-0.2, -0.15) is 0 Å². The number of ether oxygens (including phenoxy) is 1. The zero-order valence-corrected chi connectivity index (χ0v) is 19.8. The van der Waals surface area contributed by atoms with E-state index in [0.29, 0.717) is 18.9 Å². The molecule has 1 aliphatic heterocycles.